The molecule has 1 saturated carbocycles. The molecule has 1 aromatic rings. The smallest absolute Gasteiger partial charge is 0.133 e. The Morgan fingerprint density at radius 3 is 2.90 bits per heavy atom. The fourth-order valence-corrected chi connectivity index (χ4v) is 3.33. The van der Waals surface area contributed by atoms with Gasteiger partial charge in [-0.25, -0.2) is 0 Å². The van der Waals surface area contributed by atoms with Crippen LogP contribution < -0.4 is 5.32 Å². The van der Waals surface area contributed by atoms with E-state index < -0.39 is 0 Å². The highest BCUT2D eigenvalue weighted by Gasteiger charge is 2.31. The Morgan fingerprint density at radius 1 is 1.40 bits per heavy atom. The van der Waals surface area contributed by atoms with Crippen molar-refractivity contribution in [1.29, 1.82) is 0 Å². The van der Waals surface area contributed by atoms with E-state index in [0.29, 0.717) is 24.5 Å². The SMILES string of the molecule is CNCc1ccoc1COC1CC(C)CCC1C(C)C. The van der Waals surface area contributed by atoms with Crippen LogP contribution in [0, 0.1) is 17.8 Å². The molecule has 0 saturated heterocycles. The number of ether oxygens (including phenoxy) is 1. The second-order valence-electron chi connectivity index (χ2n) is 6.57. The number of hydrogen-bond acceptors (Lipinski definition) is 3. The Morgan fingerprint density at radius 2 is 2.20 bits per heavy atom. The van der Waals surface area contributed by atoms with E-state index in [4.69, 9.17) is 9.15 Å². The molecule has 1 aliphatic carbocycles. The van der Waals surface area contributed by atoms with Gasteiger partial charge < -0.3 is 14.5 Å². The first-order chi connectivity index (χ1) is 9.61. The summed E-state index contributed by atoms with van der Waals surface area (Å²) in [5, 5.41) is 3.17. The standard InChI is InChI=1S/C17H29NO2/c1-12(2)15-6-5-13(3)9-16(15)20-11-17-14(10-18-4)7-8-19-17/h7-8,12-13,15-16,18H,5-6,9-11H2,1-4H3. The minimum absolute atomic E-state index is 0.381. The van der Waals surface area contributed by atoms with Gasteiger partial charge in [0.2, 0.25) is 0 Å². The molecule has 1 heterocycles. The van der Waals surface area contributed by atoms with Gasteiger partial charge in [-0.3, -0.25) is 0 Å². The van der Waals surface area contributed by atoms with Gasteiger partial charge in [-0.2, -0.15) is 0 Å². The number of furan rings is 1. The molecular formula is C17H29NO2. The van der Waals surface area contributed by atoms with Crippen LogP contribution in [0.1, 0.15) is 51.4 Å². The van der Waals surface area contributed by atoms with E-state index in [0.717, 1.165) is 18.2 Å². The molecule has 20 heavy (non-hydrogen) atoms. The molecule has 2 rings (SSSR count). The van der Waals surface area contributed by atoms with Crippen molar-refractivity contribution in [3.8, 4) is 0 Å². The Labute approximate surface area is 123 Å². The third-order valence-electron chi connectivity index (χ3n) is 4.59. The van der Waals surface area contributed by atoms with Gasteiger partial charge in [0.05, 0.1) is 12.4 Å². The Balaban J connectivity index is 1.94. The highest BCUT2D eigenvalue weighted by molar-refractivity contribution is 5.16. The fraction of sp³-hybridized carbons (Fsp3) is 0.765. The molecule has 1 aliphatic rings. The van der Waals surface area contributed by atoms with Crippen molar-refractivity contribution in [2.75, 3.05) is 7.05 Å². The molecule has 3 nitrogen and oxygen atoms in total. The fourth-order valence-electron chi connectivity index (χ4n) is 3.33. The van der Waals surface area contributed by atoms with Crippen molar-refractivity contribution in [2.24, 2.45) is 17.8 Å². The first-order valence-electron chi connectivity index (χ1n) is 7.93. The first-order valence-corrected chi connectivity index (χ1v) is 7.93. The number of hydrogen-bond donors (Lipinski definition) is 1. The number of nitrogens with one attached hydrogen (secondary N) is 1. The van der Waals surface area contributed by atoms with E-state index in [2.05, 4.69) is 26.1 Å². The van der Waals surface area contributed by atoms with Gasteiger partial charge in [0.1, 0.15) is 12.4 Å². The summed E-state index contributed by atoms with van der Waals surface area (Å²) >= 11 is 0. The van der Waals surface area contributed by atoms with Gasteiger partial charge in [-0.1, -0.05) is 27.2 Å². The lowest BCUT2D eigenvalue weighted by molar-refractivity contribution is -0.0525. The van der Waals surface area contributed by atoms with Crippen LogP contribution in [0.3, 0.4) is 0 Å². The van der Waals surface area contributed by atoms with Crippen LogP contribution in [-0.4, -0.2) is 13.2 Å². The van der Waals surface area contributed by atoms with Crippen LogP contribution in [0.25, 0.3) is 0 Å². The lowest BCUT2D eigenvalue weighted by Gasteiger charge is -2.37. The largest absolute Gasteiger partial charge is 0.467 e. The third kappa shape index (κ3) is 3.86. The summed E-state index contributed by atoms with van der Waals surface area (Å²) in [5.74, 6) is 3.14. The van der Waals surface area contributed by atoms with E-state index in [1.165, 1.54) is 24.8 Å². The maximum Gasteiger partial charge on any atom is 0.133 e. The molecular weight excluding hydrogens is 250 g/mol. The van der Waals surface area contributed by atoms with Gasteiger partial charge in [0, 0.05) is 12.1 Å². The lowest BCUT2D eigenvalue weighted by atomic mass is 9.75. The molecule has 0 amide bonds. The van der Waals surface area contributed by atoms with Crippen molar-refractivity contribution in [1.82, 2.24) is 5.32 Å². The van der Waals surface area contributed by atoms with Crippen LogP contribution in [0.5, 0.6) is 0 Å². The highest BCUT2D eigenvalue weighted by Crippen LogP contribution is 2.35. The Kier molecular flexibility index (Phi) is 5.67. The molecule has 0 spiro atoms. The number of rotatable bonds is 6. The minimum atomic E-state index is 0.381. The van der Waals surface area contributed by atoms with Gasteiger partial charge >= 0.3 is 0 Å². The second-order valence-corrected chi connectivity index (χ2v) is 6.57. The summed E-state index contributed by atoms with van der Waals surface area (Å²) in [7, 11) is 1.95. The van der Waals surface area contributed by atoms with Crippen molar-refractivity contribution < 1.29 is 9.15 Å². The molecule has 1 aromatic heterocycles. The summed E-state index contributed by atoms with van der Waals surface area (Å²) < 4.78 is 11.8. The van der Waals surface area contributed by atoms with E-state index >= 15 is 0 Å². The summed E-state index contributed by atoms with van der Waals surface area (Å²) in [6.45, 7) is 8.41. The maximum atomic E-state index is 6.24. The average molecular weight is 279 g/mol. The lowest BCUT2D eigenvalue weighted by Crippen LogP contribution is -2.34. The third-order valence-corrected chi connectivity index (χ3v) is 4.59. The van der Waals surface area contributed by atoms with Crippen molar-refractivity contribution in [2.45, 2.75) is 59.3 Å². The minimum Gasteiger partial charge on any atom is -0.467 e. The maximum absolute atomic E-state index is 6.24. The molecule has 1 N–H and O–H groups in total. The average Bonchev–Trinajstić information content (AvgIpc) is 2.84. The normalized spacial score (nSPS) is 27.1. The highest BCUT2D eigenvalue weighted by atomic mass is 16.5. The molecule has 3 atom stereocenters. The van der Waals surface area contributed by atoms with Crippen molar-refractivity contribution >= 4 is 0 Å². The van der Waals surface area contributed by atoms with Crippen LogP contribution in [0.2, 0.25) is 0 Å². The first kappa shape index (κ1) is 15.6. The van der Waals surface area contributed by atoms with E-state index in [9.17, 15) is 0 Å². The molecule has 0 aliphatic heterocycles. The Bertz CT molecular complexity index is 399. The second kappa shape index (κ2) is 7.28. The zero-order valence-electron chi connectivity index (χ0n) is 13.3. The molecule has 0 aromatic carbocycles. The zero-order valence-corrected chi connectivity index (χ0v) is 13.3. The summed E-state index contributed by atoms with van der Waals surface area (Å²) in [4.78, 5) is 0. The Hall–Kier alpha value is -0.800. The summed E-state index contributed by atoms with van der Waals surface area (Å²) in [6, 6.07) is 2.03. The molecule has 1 fully saturated rings. The van der Waals surface area contributed by atoms with E-state index in [1.54, 1.807) is 6.26 Å². The molecule has 3 unspecified atom stereocenters. The van der Waals surface area contributed by atoms with Crippen LogP contribution in [0.4, 0.5) is 0 Å². The van der Waals surface area contributed by atoms with Crippen LogP contribution >= 0.6 is 0 Å². The van der Waals surface area contributed by atoms with Crippen molar-refractivity contribution in [3.05, 3.63) is 23.7 Å². The van der Waals surface area contributed by atoms with Crippen LogP contribution in [-0.2, 0) is 17.9 Å². The van der Waals surface area contributed by atoms with E-state index in [-0.39, 0.29) is 0 Å². The summed E-state index contributed by atoms with van der Waals surface area (Å²) in [6.07, 6.45) is 5.96. The molecule has 0 bridgehead atoms. The zero-order chi connectivity index (χ0) is 14.5. The van der Waals surface area contributed by atoms with Gasteiger partial charge in [0.25, 0.3) is 0 Å². The van der Waals surface area contributed by atoms with Crippen LogP contribution in [0.15, 0.2) is 16.7 Å². The molecule has 3 heteroatoms. The van der Waals surface area contributed by atoms with Crippen molar-refractivity contribution in [3.63, 3.8) is 0 Å². The van der Waals surface area contributed by atoms with Gasteiger partial charge in [0.15, 0.2) is 0 Å². The van der Waals surface area contributed by atoms with E-state index in [1.807, 2.05) is 13.1 Å². The van der Waals surface area contributed by atoms with Gasteiger partial charge in [-0.15, -0.1) is 0 Å². The monoisotopic (exact) mass is 279 g/mol. The van der Waals surface area contributed by atoms with Gasteiger partial charge in [-0.05, 0) is 43.7 Å². The topological polar surface area (TPSA) is 34.4 Å². The predicted octanol–water partition coefficient (Wildman–Crippen LogP) is 3.98. The molecule has 0 radical (unpaired) electrons. The quantitative estimate of drug-likeness (QED) is 0.855. The summed E-state index contributed by atoms with van der Waals surface area (Å²) in [5.41, 5.74) is 1.21. The molecule has 114 valence electrons. The predicted molar refractivity (Wildman–Crippen MR) is 81.4 cm³/mol.